The van der Waals surface area contributed by atoms with Crippen LogP contribution in [0.2, 0.25) is 5.15 Å². The summed E-state index contributed by atoms with van der Waals surface area (Å²) in [6, 6.07) is 0.216. The van der Waals surface area contributed by atoms with E-state index in [-0.39, 0.29) is 41.7 Å². The number of nitrogens with one attached hydrogen (secondary N) is 3. The number of nitrogens with two attached hydrogens (primary N) is 1. The number of ether oxygens (including phenoxy) is 2. The van der Waals surface area contributed by atoms with E-state index in [1.165, 1.54) is 0 Å². The van der Waals surface area contributed by atoms with Gasteiger partial charge in [0.25, 0.3) is 5.91 Å². The van der Waals surface area contributed by atoms with Crippen molar-refractivity contribution in [2.24, 2.45) is 4.99 Å². The van der Waals surface area contributed by atoms with Gasteiger partial charge in [-0.2, -0.15) is 0 Å². The maximum Gasteiger partial charge on any atom is 0.436 e. The first kappa shape index (κ1) is 23.1. The van der Waals surface area contributed by atoms with E-state index in [0.717, 1.165) is 25.7 Å². The van der Waals surface area contributed by atoms with E-state index in [4.69, 9.17) is 22.1 Å². The summed E-state index contributed by atoms with van der Waals surface area (Å²) in [5.74, 6) is -1.33. The molecule has 0 spiro atoms. The summed E-state index contributed by atoms with van der Waals surface area (Å²) >= 11 is 6.15. The van der Waals surface area contributed by atoms with Gasteiger partial charge in [0.15, 0.2) is 22.5 Å². The number of aromatic nitrogens is 2. The van der Waals surface area contributed by atoms with E-state index in [2.05, 4.69) is 35.6 Å². The molecule has 1 aromatic rings. The smallest absolute Gasteiger partial charge is 0.436 e. The second-order valence-corrected chi connectivity index (χ2v) is 6.54. The fourth-order valence-corrected chi connectivity index (χ4v) is 2.90. The molecule has 0 aliphatic heterocycles. The van der Waals surface area contributed by atoms with Crippen LogP contribution in [0.1, 0.15) is 50.0 Å². The SMILES string of the molecule is CCOC(=O)/N=C(\NC(=O)OCC)NC(=O)c1nc(Cl)c(NC2CCCC2)nc1N. The number of hydrogen-bond donors (Lipinski definition) is 4. The van der Waals surface area contributed by atoms with Crippen LogP contribution in [0.3, 0.4) is 0 Å². The molecule has 5 N–H and O–H groups in total. The van der Waals surface area contributed by atoms with Gasteiger partial charge < -0.3 is 20.5 Å². The highest BCUT2D eigenvalue weighted by atomic mass is 35.5. The Morgan fingerprint density at radius 2 is 1.80 bits per heavy atom. The van der Waals surface area contributed by atoms with E-state index in [1.807, 2.05) is 0 Å². The van der Waals surface area contributed by atoms with Crippen LogP contribution in [0.15, 0.2) is 4.99 Å². The van der Waals surface area contributed by atoms with Crippen LogP contribution in [-0.2, 0) is 9.47 Å². The highest BCUT2D eigenvalue weighted by molar-refractivity contribution is 6.32. The molecule has 164 valence electrons. The minimum absolute atomic E-state index is 0.0384. The first-order valence-electron chi connectivity index (χ1n) is 9.44. The van der Waals surface area contributed by atoms with E-state index in [0.29, 0.717) is 0 Å². The second-order valence-electron chi connectivity index (χ2n) is 6.18. The number of nitrogen functional groups attached to an aromatic ring is 1. The maximum absolute atomic E-state index is 12.6. The zero-order valence-corrected chi connectivity index (χ0v) is 17.4. The number of nitrogens with zero attached hydrogens (tertiary/aromatic N) is 3. The van der Waals surface area contributed by atoms with Crippen molar-refractivity contribution in [3.05, 3.63) is 10.8 Å². The highest BCUT2D eigenvalue weighted by Gasteiger charge is 2.22. The minimum Gasteiger partial charge on any atom is -0.450 e. The molecule has 0 saturated heterocycles. The summed E-state index contributed by atoms with van der Waals surface area (Å²) in [6.45, 7) is 3.27. The topological polar surface area (TPSA) is 170 Å². The van der Waals surface area contributed by atoms with Crippen molar-refractivity contribution in [1.82, 2.24) is 20.6 Å². The van der Waals surface area contributed by atoms with Crippen molar-refractivity contribution in [2.75, 3.05) is 24.3 Å². The van der Waals surface area contributed by atoms with E-state index >= 15 is 0 Å². The van der Waals surface area contributed by atoms with Crippen LogP contribution in [0.4, 0.5) is 21.2 Å². The fraction of sp³-hybridized carbons (Fsp3) is 0.529. The zero-order chi connectivity index (χ0) is 22.1. The monoisotopic (exact) mass is 441 g/mol. The van der Waals surface area contributed by atoms with E-state index in [9.17, 15) is 14.4 Å². The molecule has 0 aromatic carbocycles. The lowest BCUT2D eigenvalue weighted by molar-refractivity contribution is 0.0971. The predicted octanol–water partition coefficient (Wildman–Crippen LogP) is 2.06. The number of rotatable bonds is 5. The van der Waals surface area contributed by atoms with Gasteiger partial charge in [-0.05, 0) is 26.7 Å². The van der Waals surface area contributed by atoms with Gasteiger partial charge in [0.1, 0.15) is 0 Å². The Balaban J connectivity index is 2.17. The first-order chi connectivity index (χ1) is 14.3. The van der Waals surface area contributed by atoms with Crippen molar-refractivity contribution < 1.29 is 23.9 Å². The lowest BCUT2D eigenvalue weighted by atomic mass is 10.2. The number of aliphatic imine (C=N–C) groups is 1. The number of guanidine groups is 1. The Labute approximate surface area is 178 Å². The molecule has 12 nitrogen and oxygen atoms in total. The van der Waals surface area contributed by atoms with Crippen molar-refractivity contribution >= 4 is 47.3 Å². The molecule has 13 heteroatoms. The molecular weight excluding hydrogens is 418 g/mol. The predicted molar refractivity (Wildman–Crippen MR) is 109 cm³/mol. The number of hydrogen-bond acceptors (Lipinski definition) is 9. The molecule has 1 aromatic heterocycles. The second kappa shape index (κ2) is 11.1. The van der Waals surface area contributed by atoms with Crippen LogP contribution in [0, 0.1) is 0 Å². The lowest BCUT2D eigenvalue weighted by Gasteiger charge is -2.15. The first-order valence-corrected chi connectivity index (χ1v) is 9.81. The van der Waals surface area contributed by atoms with Crippen LogP contribution in [-0.4, -0.2) is 53.3 Å². The van der Waals surface area contributed by atoms with Gasteiger partial charge in [0, 0.05) is 6.04 Å². The molecule has 1 heterocycles. The van der Waals surface area contributed by atoms with Gasteiger partial charge in [0.05, 0.1) is 13.2 Å². The summed E-state index contributed by atoms with van der Waals surface area (Å²) in [5.41, 5.74) is 5.56. The summed E-state index contributed by atoms with van der Waals surface area (Å²) in [7, 11) is 0. The summed E-state index contributed by atoms with van der Waals surface area (Å²) in [5, 5.41) is 7.46. The Kier molecular flexibility index (Phi) is 8.59. The average Bonchev–Trinajstić information content (AvgIpc) is 3.17. The van der Waals surface area contributed by atoms with Crippen LogP contribution in [0.5, 0.6) is 0 Å². The van der Waals surface area contributed by atoms with Gasteiger partial charge in [-0.3, -0.25) is 15.4 Å². The normalized spacial score (nSPS) is 14.2. The average molecular weight is 442 g/mol. The number of alkyl carbamates (subject to hydrolysis) is 1. The van der Waals surface area contributed by atoms with Crippen LogP contribution in [0.25, 0.3) is 0 Å². The summed E-state index contributed by atoms with van der Waals surface area (Å²) in [6.07, 6.45) is 2.20. The highest BCUT2D eigenvalue weighted by Crippen LogP contribution is 2.26. The largest absolute Gasteiger partial charge is 0.450 e. The molecule has 1 fully saturated rings. The number of anilines is 2. The number of carbonyl (C=O) groups excluding carboxylic acids is 3. The fourth-order valence-electron chi connectivity index (χ4n) is 2.72. The van der Waals surface area contributed by atoms with Gasteiger partial charge in [0.2, 0.25) is 5.96 Å². The molecule has 0 atom stereocenters. The van der Waals surface area contributed by atoms with E-state index in [1.54, 1.807) is 13.8 Å². The molecule has 1 aliphatic carbocycles. The number of halogens is 1. The van der Waals surface area contributed by atoms with Crippen molar-refractivity contribution in [3.63, 3.8) is 0 Å². The molecule has 30 heavy (non-hydrogen) atoms. The maximum atomic E-state index is 12.6. The quantitative estimate of drug-likeness (QED) is 0.394. The zero-order valence-electron chi connectivity index (χ0n) is 16.7. The van der Waals surface area contributed by atoms with Gasteiger partial charge >= 0.3 is 12.2 Å². The number of amides is 3. The Hall–Kier alpha value is -3.15. The molecular formula is C17H24ClN7O5. The lowest BCUT2D eigenvalue weighted by Crippen LogP contribution is -2.45. The molecule has 1 saturated carbocycles. The summed E-state index contributed by atoms with van der Waals surface area (Å²) in [4.78, 5) is 47.4. The third kappa shape index (κ3) is 6.72. The Morgan fingerprint density at radius 3 is 2.43 bits per heavy atom. The van der Waals surface area contributed by atoms with E-state index < -0.39 is 24.1 Å². The standard InChI is InChI=1S/C17H24ClN7O5/c1-3-29-16(27)24-15(25-17(28)30-4-2)23-14(26)10-12(19)22-13(11(18)21-10)20-9-7-5-6-8-9/h9H,3-8H2,1-2H3,(H3,19,20,22)(H2,23,24,25,26,27,28). The third-order valence-electron chi connectivity index (χ3n) is 3.99. The Bertz CT molecular complexity index is 827. The van der Waals surface area contributed by atoms with Crippen molar-refractivity contribution in [2.45, 2.75) is 45.6 Å². The number of carbonyl (C=O) groups is 3. The minimum atomic E-state index is -1.03. The third-order valence-corrected chi connectivity index (χ3v) is 4.25. The van der Waals surface area contributed by atoms with Gasteiger partial charge in [-0.1, -0.05) is 24.4 Å². The van der Waals surface area contributed by atoms with Gasteiger partial charge in [-0.25, -0.2) is 19.6 Å². The molecule has 0 unspecified atom stereocenters. The molecule has 1 aliphatic rings. The van der Waals surface area contributed by atoms with Crippen LogP contribution >= 0.6 is 11.6 Å². The van der Waals surface area contributed by atoms with Crippen LogP contribution < -0.4 is 21.7 Å². The Morgan fingerprint density at radius 1 is 1.13 bits per heavy atom. The summed E-state index contributed by atoms with van der Waals surface area (Å²) < 4.78 is 9.38. The molecule has 3 amide bonds. The van der Waals surface area contributed by atoms with Crippen molar-refractivity contribution in [1.29, 1.82) is 0 Å². The van der Waals surface area contributed by atoms with Gasteiger partial charge in [-0.15, -0.1) is 4.99 Å². The molecule has 0 radical (unpaired) electrons. The molecule has 0 bridgehead atoms. The van der Waals surface area contributed by atoms with Crippen molar-refractivity contribution in [3.8, 4) is 0 Å². The molecule has 2 rings (SSSR count).